The van der Waals surface area contributed by atoms with E-state index < -0.39 is 24.1 Å². The number of carboxylic acid groups (broad SMARTS) is 1. The number of pyridine rings is 1. The highest BCUT2D eigenvalue weighted by atomic mass is 19.1. The van der Waals surface area contributed by atoms with Crippen molar-refractivity contribution in [1.82, 2.24) is 15.0 Å². The predicted molar refractivity (Wildman–Crippen MR) is 80.5 cm³/mol. The van der Waals surface area contributed by atoms with E-state index in [9.17, 15) is 14.0 Å². The number of halogens is 1. The summed E-state index contributed by atoms with van der Waals surface area (Å²) in [7, 11) is 0. The molecule has 1 amide bonds. The van der Waals surface area contributed by atoms with Crippen LogP contribution in [-0.2, 0) is 4.79 Å². The van der Waals surface area contributed by atoms with Crippen LogP contribution in [0.5, 0.6) is 0 Å². The SMILES string of the molecule is Cc1noc2nc(C3CC3)cc(C(=O)N3CCC(F)(C(=O)O)C3)c12. The number of alkyl halides is 1. The van der Waals surface area contributed by atoms with Gasteiger partial charge in [-0.1, -0.05) is 5.16 Å². The number of likely N-dealkylation sites (tertiary alicyclic amines) is 1. The molecule has 8 heteroatoms. The van der Waals surface area contributed by atoms with Crippen LogP contribution in [0.4, 0.5) is 4.39 Å². The predicted octanol–water partition coefficient (Wildman–Crippen LogP) is 2.05. The van der Waals surface area contributed by atoms with E-state index in [1.165, 1.54) is 4.90 Å². The van der Waals surface area contributed by atoms with Crippen LogP contribution in [0.1, 0.15) is 46.9 Å². The molecule has 1 aliphatic carbocycles. The van der Waals surface area contributed by atoms with Gasteiger partial charge in [-0.05, 0) is 25.8 Å². The van der Waals surface area contributed by atoms with Crippen molar-refractivity contribution in [3.63, 3.8) is 0 Å². The molecule has 2 aliphatic rings. The molecule has 2 aromatic heterocycles. The maximum absolute atomic E-state index is 14.3. The molecule has 1 unspecified atom stereocenters. The Morgan fingerprint density at radius 3 is 2.83 bits per heavy atom. The summed E-state index contributed by atoms with van der Waals surface area (Å²) in [6.45, 7) is 1.32. The molecule has 1 N–H and O–H groups in total. The second kappa shape index (κ2) is 4.99. The van der Waals surface area contributed by atoms with Gasteiger partial charge in [0.2, 0.25) is 5.67 Å². The number of aliphatic carboxylic acids is 1. The Balaban J connectivity index is 1.74. The summed E-state index contributed by atoms with van der Waals surface area (Å²) in [6, 6.07) is 1.71. The van der Waals surface area contributed by atoms with Crippen LogP contribution in [0.2, 0.25) is 0 Å². The molecule has 1 saturated carbocycles. The second-order valence-electron chi connectivity index (χ2n) is 6.56. The van der Waals surface area contributed by atoms with Gasteiger partial charge in [0, 0.05) is 24.6 Å². The Morgan fingerprint density at radius 2 is 2.21 bits per heavy atom. The lowest BCUT2D eigenvalue weighted by Crippen LogP contribution is -2.39. The fourth-order valence-corrected chi connectivity index (χ4v) is 3.16. The quantitative estimate of drug-likeness (QED) is 0.923. The average molecular weight is 333 g/mol. The van der Waals surface area contributed by atoms with Crippen molar-refractivity contribution in [1.29, 1.82) is 0 Å². The lowest BCUT2D eigenvalue weighted by molar-refractivity contribution is -0.149. The zero-order valence-corrected chi connectivity index (χ0v) is 13.1. The summed E-state index contributed by atoms with van der Waals surface area (Å²) in [5.41, 5.74) is -0.428. The molecule has 1 saturated heterocycles. The number of carboxylic acids is 1. The van der Waals surface area contributed by atoms with E-state index in [0.29, 0.717) is 28.3 Å². The van der Waals surface area contributed by atoms with Gasteiger partial charge in [-0.3, -0.25) is 4.79 Å². The van der Waals surface area contributed by atoms with Crippen molar-refractivity contribution in [3.8, 4) is 0 Å². The van der Waals surface area contributed by atoms with Crippen LogP contribution in [0.15, 0.2) is 10.6 Å². The molecule has 24 heavy (non-hydrogen) atoms. The van der Waals surface area contributed by atoms with Gasteiger partial charge in [0.05, 0.1) is 23.2 Å². The standard InChI is InChI=1S/C16H16FN3O4/c1-8-12-10(6-11(9-2-3-9)18-13(12)24-19-8)14(21)20-5-4-16(17,7-20)15(22)23/h6,9H,2-5,7H2,1H3,(H,22,23). The first-order valence-electron chi connectivity index (χ1n) is 7.87. The molecule has 2 aromatic rings. The smallest absolute Gasteiger partial charge is 0.343 e. The molecule has 126 valence electrons. The van der Waals surface area contributed by atoms with Crippen molar-refractivity contribution in [2.24, 2.45) is 0 Å². The molecule has 0 bridgehead atoms. The van der Waals surface area contributed by atoms with Crippen LogP contribution in [0.25, 0.3) is 11.1 Å². The lowest BCUT2D eigenvalue weighted by atomic mass is 10.1. The van der Waals surface area contributed by atoms with Gasteiger partial charge in [-0.15, -0.1) is 0 Å². The van der Waals surface area contributed by atoms with E-state index in [-0.39, 0.29) is 13.0 Å². The summed E-state index contributed by atoms with van der Waals surface area (Å²) >= 11 is 0. The third kappa shape index (κ3) is 2.24. The number of hydrogen-bond acceptors (Lipinski definition) is 5. The molecule has 0 aromatic carbocycles. The van der Waals surface area contributed by atoms with E-state index in [0.717, 1.165) is 18.5 Å². The lowest BCUT2D eigenvalue weighted by Gasteiger charge is -2.18. The summed E-state index contributed by atoms with van der Waals surface area (Å²) in [4.78, 5) is 29.6. The normalized spacial score (nSPS) is 23.8. The van der Waals surface area contributed by atoms with E-state index in [1.54, 1.807) is 13.0 Å². The topological polar surface area (TPSA) is 96.5 Å². The molecule has 0 radical (unpaired) electrons. The highest BCUT2D eigenvalue weighted by Gasteiger charge is 2.47. The number of rotatable bonds is 3. The third-order valence-electron chi connectivity index (χ3n) is 4.75. The monoisotopic (exact) mass is 333 g/mol. The van der Waals surface area contributed by atoms with Gasteiger partial charge in [-0.2, -0.15) is 0 Å². The summed E-state index contributed by atoms with van der Waals surface area (Å²) in [5, 5.41) is 13.4. The number of aryl methyl sites for hydroxylation is 1. The molecule has 1 aliphatic heterocycles. The summed E-state index contributed by atoms with van der Waals surface area (Å²) in [6.07, 6.45) is 1.81. The molecule has 2 fully saturated rings. The van der Waals surface area contributed by atoms with Crippen molar-refractivity contribution >= 4 is 23.0 Å². The largest absolute Gasteiger partial charge is 0.479 e. The minimum absolute atomic E-state index is 0.0640. The third-order valence-corrected chi connectivity index (χ3v) is 4.75. The summed E-state index contributed by atoms with van der Waals surface area (Å²) < 4.78 is 19.5. The van der Waals surface area contributed by atoms with Gasteiger partial charge in [-0.25, -0.2) is 14.2 Å². The Bertz CT molecular complexity index is 860. The van der Waals surface area contributed by atoms with Crippen LogP contribution >= 0.6 is 0 Å². The van der Waals surface area contributed by atoms with Crippen LogP contribution in [-0.4, -0.2) is 50.8 Å². The van der Waals surface area contributed by atoms with E-state index in [4.69, 9.17) is 9.63 Å². The molecule has 4 rings (SSSR count). The van der Waals surface area contributed by atoms with Crippen molar-refractivity contribution < 1.29 is 23.6 Å². The number of nitrogens with zero attached hydrogens (tertiary/aromatic N) is 3. The van der Waals surface area contributed by atoms with Gasteiger partial charge in [0.1, 0.15) is 0 Å². The van der Waals surface area contributed by atoms with Gasteiger partial charge in [0.15, 0.2) is 0 Å². The highest BCUT2D eigenvalue weighted by Crippen LogP contribution is 2.41. The van der Waals surface area contributed by atoms with Crippen LogP contribution in [0, 0.1) is 6.92 Å². The molecular formula is C16H16FN3O4. The number of aromatic nitrogens is 2. The highest BCUT2D eigenvalue weighted by molar-refractivity contribution is 6.06. The van der Waals surface area contributed by atoms with Gasteiger partial charge in [0.25, 0.3) is 11.6 Å². The number of fused-ring (bicyclic) bond motifs is 1. The molecular weight excluding hydrogens is 317 g/mol. The Labute approximate surface area is 136 Å². The number of carbonyl (C=O) groups excluding carboxylic acids is 1. The Morgan fingerprint density at radius 1 is 1.46 bits per heavy atom. The number of carbonyl (C=O) groups is 2. The van der Waals surface area contributed by atoms with E-state index in [2.05, 4.69) is 10.1 Å². The van der Waals surface area contributed by atoms with Crippen LogP contribution < -0.4 is 0 Å². The van der Waals surface area contributed by atoms with E-state index >= 15 is 0 Å². The minimum Gasteiger partial charge on any atom is -0.479 e. The molecule has 1 atom stereocenters. The minimum atomic E-state index is -2.38. The fraction of sp³-hybridized carbons (Fsp3) is 0.500. The number of hydrogen-bond donors (Lipinski definition) is 1. The Kier molecular flexibility index (Phi) is 3.13. The van der Waals surface area contributed by atoms with Crippen LogP contribution in [0.3, 0.4) is 0 Å². The second-order valence-corrected chi connectivity index (χ2v) is 6.56. The zero-order valence-electron chi connectivity index (χ0n) is 13.1. The zero-order chi connectivity index (χ0) is 17.1. The molecule has 3 heterocycles. The fourth-order valence-electron chi connectivity index (χ4n) is 3.16. The maximum Gasteiger partial charge on any atom is 0.343 e. The summed E-state index contributed by atoms with van der Waals surface area (Å²) in [5.74, 6) is -1.63. The van der Waals surface area contributed by atoms with Crippen molar-refractivity contribution in [2.75, 3.05) is 13.1 Å². The average Bonchev–Trinajstić information content (AvgIpc) is 3.23. The molecule has 0 spiro atoms. The van der Waals surface area contributed by atoms with Crippen molar-refractivity contribution in [3.05, 3.63) is 23.0 Å². The first-order valence-corrected chi connectivity index (χ1v) is 7.87. The maximum atomic E-state index is 14.3. The van der Waals surface area contributed by atoms with Gasteiger partial charge >= 0.3 is 5.97 Å². The molecule has 7 nitrogen and oxygen atoms in total. The number of amides is 1. The van der Waals surface area contributed by atoms with E-state index in [1.807, 2.05) is 0 Å². The first kappa shape index (κ1) is 15.0. The first-order chi connectivity index (χ1) is 11.4. The van der Waals surface area contributed by atoms with Crippen molar-refractivity contribution in [2.45, 2.75) is 37.8 Å². The Hall–Kier alpha value is -2.51. The van der Waals surface area contributed by atoms with Gasteiger partial charge < -0.3 is 14.5 Å².